The molecular formula is C19H25BrN2O2. The molecule has 0 spiro atoms. The van der Waals surface area contributed by atoms with Crippen molar-refractivity contribution in [3.8, 4) is 5.75 Å². The fourth-order valence-corrected chi connectivity index (χ4v) is 2.64. The minimum Gasteiger partial charge on any atom is -0.486 e. The highest BCUT2D eigenvalue weighted by Gasteiger charge is 2.19. The van der Waals surface area contributed by atoms with Crippen molar-refractivity contribution in [2.45, 2.75) is 59.1 Å². The van der Waals surface area contributed by atoms with Crippen molar-refractivity contribution in [1.82, 2.24) is 9.78 Å². The van der Waals surface area contributed by atoms with Crippen LogP contribution in [0.4, 0.5) is 0 Å². The van der Waals surface area contributed by atoms with E-state index in [9.17, 15) is 4.79 Å². The lowest BCUT2D eigenvalue weighted by Gasteiger charge is -2.21. The zero-order chi connectivity index (χ0) is 18.1. The van der Waals surface area contributed by atoms with Gasteiger partial charge in [-0.3, -0.25) is 4.79 Å². The van der Waals surface area contributed by atoms with Crippen LogP contribution in [0.25, 0.3) is 0 Å². The summed E-state index contributed by atoms with van der Waals surface area (Å²) in [6, 6.07) is 8.34. The molecule has 5 heteroatoms. The zero-order valence-electron chi connectivity index (χ0n) is 15.2. The van der Waals surface area contributed by atoms with Gasteiger partial charge in [0.05, 0.1) is 11.7 Å². The third-order valence-corrected chi connectivity index (χ3v) is 4.47. The van der Waals surface area contributed by atoms with E-state index < -0.39 is 0 Å². The molecule has 1 heterocycles. The lowest BCUT2D eigenvalue weighted by molar-refractivity contribution is 0.289. The Morgan fingerprint density at radius 2 is 1.67 bits per heavy atom. The average Bonchev–Trinajstić information content (AvgIpc) is 2.47. The largest absolute Gasteiger partial charge is 0.486 e. The maximum atomic E-state index is 12.4. The number of aromatic nitrogens is 2. The summed E-state index contributed by atoms with van der Waals surface area (Å²) >= 11 is 3.34. The van der Waals surface area contributed by atoms with Crippen LogP contribution in [0.2, 0.25) is 0 Å². The number of rotatable bonds is 3. The fourth-order valence-electron chi connectivity index (χ4n) is 2.26. The molecular weight excluding hydrogens is 368 g/mol. The van der Waals surface area contributed by atoms with Crippen LogP contribution in [-0.2, 0) is 17.6 Å². The molecule has 0 saturated heterocycles. The van der Waals surface area contributed by atoms with Gasteiger partial charge in [0.25, 0.3) is 5.56 Å². The van der Waals surface area contributed by atoms with Gasteiger partial charge in [-0.1, -0.05) is 45.0 Å². The smallest absolute Gasteiger partial charge is 0.285 e. The summed E-state index contributed by atoms with van der Waals surface area (Å²) in [5, 5.41) is 4.22. The molecule has 0 aliphatic carbocycles. The number of ether oxygens (including phenoxy) is 1. The molecule has 0 radical (unpaired) electrons. The van der Waals surface area contributed by atoms with Gasteiger partial charge >= 0.3 is 0 Å². The van der Waals surface area contributed by atoms with Crippen LogP contribution >= 0.6 is 15.9 Å². The van der Waals surface area contributed by atoms with E-state index in [1.54, 1.807) is 6.20 Å². The van der Waals surface area contributed by atoms with Gasteiger partial charge in [0.1, 0.15) is 11.1 Å². The number of nitrogens with zero attached hydrogens (tertiary/aromatic N) is 2. The van der Waals surface area contributed by atoms with Gasteiger partial charge in [0.15, 0.2) is 5.75 Å². The van der Waals surface area contributed by atoms with E-state index in [1.165, 1.54) is 10.2 Å². The Hall–Kier alpha value is -1.62. The van der Waals surface area contributed by atoms with E-state index in [-0.39, 0.29) is 16.5 Å². The Morgan fingerprint density at radius 3 is 2.17 bits per heavy atom. The van der Waals surface area contributed by atoms with Crippen LogP contribution in [0.15, 0.2) is 39.7 Å². The van der Waals surface area contributed by atoms with Crippen molar-refractivity contribution in [3.05, 3.63) is 56.4 Å². The van der Waals surface area contributed by atoms with Crippen LogP contribution in [0.1, 0.15) is 52.7 Å². The van der Waals surface area contributed by atoms with Gasteiger partial charge in [-0.05, 0) is 53.2 Å². The van der Waals surface area contributed by atoms with Gasteiger partial charge in [0, 0.05) is 0 Å². The predicted molar refractivity (Wildman–Crippen MR) is 101 cm³/mol. The summed E-state index contributed by atoms with van der Waals surface area (Å²) in [6.07, 6.45) is 1.58. The summed E-state index contributed by atoms with van der Waals surface area (Å²) in [5.41, 5.74) is 1.89. The summed E-state index contributed by atoms with van der Waals surface area (Å²) in [4.78, 5) is 12.4. The quantitative estimate of drug-likeness (QED) is 0.763. The summed E-state index contributed by atoms with van der Waals surface area (Å²) in [6.45, 7) is 12.8. The molecule has 0 unspecified atom stereocenters. The van der Waals surface area contributed by atoms with Crippen molar-refractivity contribution in [2.24, 2.45) is 0 Å². The lowest BCUT2D eigenvalue weighted by atomic mass is 9.87. The summed E-state index contributed by atoms with van der Waals surface area (Å²) in [5.74, 6) is 0.459. The highest BCUT2D eigenvalue weighted by molar-refractivity contribution is 9.10. The van der Waals surface area contributed by atoms with Gasteiger partial charge in [-0.25, -0.2) is 4.68 Å². The second kappa shape index (κ2) is 6.71. The zero-order valence-corrected chi connectivity index (χ0v) is 16.8. The Kier molecular flexibility index (Phi) is 5.23. The van der Waals surface area contributed by atoms with Crippen LogP contribution in [0.5, 0.6) is 5.75 Å². The monoisotopic (exact) mass is 392 g/mol. The first-order chi connectivity index (χ1) is 11.0. The van der Waals surface area contributed by atoms with Crippen molar-refractivity contribution >= 4 is 15.9 Å². The van der Waals surface area contributed by atoms with E-state index in [1.807, 2.05) is 20.8 Å². The van der Waals surface area contributed by atoms with Gasteiger partial charge in [-0.15, -0.1) is 0 Å². The maximum Gasteiger partial charge on any atom is 0.285 e. The highest BCUT2D eigenvalue weighted by atomic mass is 79.9. The Balaban J connectivity index is 2.16. The Morgan fingerprint density at radius 1 is 1.08 bits per heavy atom. The molecule has 2 rings (SSSR count). The van der Waals surface area contributed by atoms with Crippen molar-refractivity contribution < 1.29 is 4.74 Å². The van der Waals surface area contributed by atoms with Crippen LogP contribution in [0.3, 0.4) is 0 Å². The first-order valence-electron chi connectivity index (χ1n) is 8.00. The fraction of sp³-hybridized carbons (Fsp3) is 0.474. The number of hydrogen-bond donors (Lipinski definition) is 0. The highest BCUT2D eigenvalue weighted by Crippen LogP contribution is 2.24. The minimum atomic E-state index is -0.374. The molecule has 0 aliphatic heterocycles. The first kappa shape index (κ1) is 18.7. The normalized spacial score (nSPS) is 12.3. The van der Waals surface area contributed by atoms with E-state index >= 15 is 0 Å². The van der Waals surface area contributed by atoms with E-state index in [0.717, 1.165) is 5.56 Å². The standard InChI is InChI=1S/C19H25BrN2O2/c1-18(2,3)14-9-7-13(8-10-14)12-24-15-11-21-22(19(4,5)6)17(23)16(15)20/h7-11H,12H2,1-6H3. The summed E-state index contributed by atoms with van der Waals surface area (Å²) in [7, 11) is 0. The third-order valence-electron chi connectivity index (χ3n) is 3.74. The molecule has 0 saturated carbocycles. The van der Waals surface area contributed by atoms with Gasteiger partial charge in [0.2, 0.25) is 0 Å². The molecule has 0 fully saturated rings. The second-order valence-corrected chi connectivity index (χ2v) is 8.74. The Labute approximate surface area is 152 Å². The number of benzene rings is 1. The van der Waals surface area contributed by atoms with E-state index in [2.05, 4.69) is 66.1 Å². The second-order valence-electron chi connectivity index (χ2n) is 7.95. The van der Waals surface area contributed by atoms with Crippen molar-refractivity contribution in [2.75, 3.05) is 0 Å². The molecule has 130 valence electrons. The molecule has 0 N–H and O–H groups in total. The van der Waals surface area contributed by atoms with Crippen LogP contribution in [-0.4, -0.2) is 9.78 Å². The minimum absolute atomic E-state index is 0.129. The van der Waals surface area contributed by atoms with Crippen molar-refractivity contribution in [1.29, 1.82) is 0 Å². The predicted octanol–water partition coefficient (Wildman–Crippen LogP) is 4.64. The van der Waals surface area contributed by atoms with Gasteiger partial charge < -0.3 is 4.74 Å². The first-order valence-corrected chi connectivity index (χ1v) is 8.80. The summed E-state index contributed by atoms with van der Waals surface area (Å²) < 4.78 is 7.62. The van der Waals surface area contributed by atoms with Gasteiger partial charge in [-0.2, -0.15) is 5.10 Å². The van der Waals surface area contributed by atoms with E-state index in [0.29, 0.717) is 16.8 Å². The maximum absolute atomic E-state index is 12.4. The molecule has 24 heavy (non-hydrogen) atoms. The molecule has 0 bridgehead atoms. The van der Waals surface area contributed by atoms with Crippen molar-refractivity contribution in [3.63, 3.8) is 0 Å². The average molecular weight is 393 g/mol. The molecule has 2 aromatic rings. The molecule has 1 aromatic heterocycles. The third kappa shape index (κ3) is 4.26. The molecule has 4 nitrogen and oxygen atoms in total. The Bertz CT molecular complexity index is 766. The van der Waals surface area contributed by atoms with Crippen LogP contribution < -0.4 is 10.3 Å². The molecule has 0 amide bonds. The van der Waals surface area contributed by atoms with Crippen LogP contribution in [0, 0.1) is 0 Å². The lowest BCUT2D eigenvalue weighted by Crippen LogP contribution is -2.36. The van der Waals surface area contributed by atoms with E-state index in [4.69, 9.17) is 4.74 Å². The topological polar surface area (TPSA) is 44.1 Å². The number of hydrogen-bond acceptors (Lipinski definition) is 3. The molecule has 0 atom stereocenters. The SMILES string of the molecule is CC(C)(C)c1ccc(COc2cnn(C(C)(C)C)c(=O)c2Br)cc1. The number of halogens is 1. The molecule has 0 aliphatic rings. The molecule has 1 aromatic carbocycles.